The van der Waals surface area contributed by atoms with E-state index in [0.29, 0.717) is 5.69 Å². The number of hydrogen-bond donors (Lipinski definition) is 1. The zero-order valence-corrected chi connectivity index (χ0v) is 13.5. The van der Waals surface area contributed by atoms with Gasteiger partial charge in [0.2, 0.25) is 0 Å². The Hall–Kier alpha value is -1.14. The molecule has 1 amide bonds. The van der Waals surface area contributed by atoms with E-state index < -0.39 is 0 Å². The molecule has 2 heterocycles. The fourth-order valence-electron chi connectivity index (χ4n) is 1.77. The molecule has 2 aromatic rings. The molecular formula is C13H16BrN3OS. The van der Waals surface area contributed by atoms with Crippen molar-refractivity contribution in [3.63, 3.8) is 0 Å². The van der Waals surface area contributed by atoms with E-state index >= 15 is 0 Å². The van der Waals surface area contributed by atoms with Gasteiger partial charge in [0.05, 0.1) is 6.04 Å². The van der Waals surface area contributed by atoms with E-state index in [1.165, 1.54) is 4.88 Å². The van der Waals surface area contributed by atoms with Crippen molar-refractivity contribution in [1.29, 1.82) is 0 Å². The Morgan fingerprint density at radius 3 is 2.89 bits per heavy atom. The molecule has 0 aromatic carbocycles. The minimum atomic E-state index is -0.0889. The summed E-state index contributed by atoms with van der Waals surface area (Å²) in [6.07, 6.45) is 4.71. The minimum Gasteiger partial charge on any atom is -0.345 e. The molecular weight excluding hydrogens is 326 g/mol. The Bertz CT molecular complexity index is 590. The van der Waals surface area contributed by atoms with Gasteiger partial charge >= 0.3 is 0 Å². The molecule has 6 heteroatoms. The van der Waals surface area contributed by atoms with Crippen molar-refractivity contribution < 1.29 is 4.79 Å². The van der Waals surface area contributed by atoms with Crippen LogP contribution < -0.4 is 5.32 Å². The van der Waals surface area contributed by atoms with Gasteiger partial charge in [-0.05, 0) is 35.3 Å². The van der Waals surface area contributed by atoms with E-state index in [4.69, 9.17) is 0 Å². The number of aromatic nitrogens is 2. The van der Waals surface area contributed by atoms with Crippen molar-refractivity contribution in [2.75, 3.05) is 0 Å². The highest BCUT2D eigenvalue weighted by atomic mass is 79.9. The van der Waals surface area contributed by atoms with Gasteiger partial charge in [0.1, 0.15) is 10.7 Å². The van der Waals surface area contributed by atoms with E-state index in [0.717, 1.165) is 15.9 Å². The van der Waals surface area contributed by atoms with Gasteiger partial charge in [0.15, 0.2) is 0 Å². The number of thiazole rings is 1. The molecule has 0 spiro atoms. The van der Waals surface area contributed by atoms with Gasteiger partial charge in [-0.15, -0.1) is 11.3 Å². The summed E-state index contributed by atoms with van der Waals surface area (Å²) in [6.45, 7) is 4.05. The first-order chi connectivity index (χ1) is 9.01. The molecule has 0 saturated heterocycles. The van der Waals surface area contributed by atoms with Crippen LogP contribution in [-0.4, -0.2) is 15.5 Å². The van der Waals surface area contributed by atoms with E-state index in [2.05, 4.69) is 33.2 Å². The van der Waals surface area contributed by atoms with Crippen LogP contribution in [0.2, 0.25) is 0 Å². The molecule has 1 atom stereocenters. The molecule has 4 nitrogen and oxygen atoms in total. The third-order valence-electron chi connectivity index (χ3n) is 2.84. The maximum Gasteiger partial charge on any atom is 0.268 e. The normalized spacial score (nSPS) is 12.4. The number of nitrogens with zero attached hydrogens (tertiary/aromatic N) is 2. The SMILES string of the molecule is CCc1cnc(C(C)NC(=O)c2cc(Br)cn2C)s1. The van der Waals surface area contributed by atoms with Crippen molar-refractivity contribution in [2.24, 2.45) is 7.05 Å². The lowest BCUT2D eigenvalue weighted by Gasteiger charge is -2.11. The Balaban J connectivity index is 2.08. The second-order valence-electron chi connectivity index (χ2n) is 4.37. The fraction of sp³-hybridized carbons (Fsp3) is 0.385. The van der Waals surface area contributed by atoms with Crippen LogP contribution in [0.3, 0.4) is 0 Å². The number of amides is 1. The first kappa shape index (κ1) is 14.3. The smallest absolute Gasteiger partial charge is 0.268 e. The molecule has 1 N–H and O–H groups in total. The molecule has 2 rings (SSSR count). The van der Waals surface area contributed by atoms with Crippen molar-refractivity contribution >= 4 is 33.2 Å². The Morgan fingerprint density at radius 1 is 1.63 bits per heavy atom. The summed E-state index contributed by atoms with van der Waals surface area (Å²) in [5.74, 6) is -0.0889. The standard InChI is InChI=1S/C13H16BrN3OS/c1-4-10-6-15-13(19-10)8(2)16-12(18)11-5-9(14)7-17(11)3/h5-8H,4H2,1-3H3,(H,16,18). The fourth-order valence-corrected chi connectivity index (χ4v) is 3.15. The summed E-state index contributed by atoms with van der Waals surface area (Å²) in [6, 6.07) is 1.73. The average molecular weight is 342 g/mol. The summed E-state index contributed by atoms with van der Waals surface area (Å²) in [7, 11) is 1.85. The first-order valence-corrected chi connectivity index (χ1v) is 7.69. The van der Waals surface area contributed by atoms with Crippen LogP contribution in [0.4, 0.5) is 0 Å². The molecule has 0 aliphatic heterocycles. The lowest BCUT2D eigenvalue weighted by Crippen LogP contribution is -2.28. The van der Waals surface area contributed by atoms with Gasteiger partial charge < -0.3 is 9.88 Å². The number of carbonyl (C=O) groups excluding carboxylic acids is 1. The van der Waals surface area contributed by atoms with Gasteiger partial charge in [0.25, 0.3) is 5.91 Å². The minimum absolute atomic E-state index is 0.0773. The Morgan fingerprint density at radius 2 is 2.37 bits per heavy atom. The van der Waals surface area contributed by atoms with Crippen molar-refractivity contribution in [2.45, 2.75) is 26.3 Å². The summed E-state index contributed by atoms with van der Waals surface area (Å²) >= 11 is 5.01. The van der Waals surface area contributed by atoms with E-state index in [9.17, 15) is 4.79 Å². The van der Waals surface area contributed by atoms with Crippen molar-refractivity contribution in [3.05, 3.63) is 38.5 Å². The lowest BCUT2D eigenvalue weighted by atomic mass is 10.3. The largest absolute Gasteiger partial charge is 0.345 e. The first-order valence-electron chi connectivity index (χ1n) is 6.08. The Kier molecular flexibility index (Phi) is 4.42. The number of rotatable bonds is 4. The van der Waals surface area contributed by atoms with Crippen LogP contribution in [0.5, 0.6) is 0 Å². The highest BCUT2D eigenvalue weighted by Crippen LogP contribution is 2.21. The maximum atomic E-state index is 12.2. The molecule has 0 aliphatic carbocycles. The van der Waals surface area contributed by atoms with E-state index in [-0.39, 0.29) is 11.9 Å². The molecule has 0 aliphatic rings. The number of halogens is 1. The van der Waals surface area contributed by atoms with Gasteiger partial charge in [-0.1, -0.05) is 6.92 Å². The van der Waals surface area contributed by atoms with Crippen LogP contribution in [-0.2, 0) is 13.5 Å². The number of aryl methyl sites for hydroxylation is 2. The predicted molar refractivity (Wildman–Crippen MR) is 80.5 cm³/mol. The zero-order valence-electron chi connectivity index (χ0n) is 11.1. The third kappa shape index (κ3) is 3.25. The summed E-state index contributed by atoms with van der Waals surface area (Å²) < 4.78 is 2.70. The molecule has 2 aromatic heterocycles. The van der Waals surface area contributed by atoms with E-state index in [1.807, 2.05) is 26.4 Å². The molecule has 0 bridgehead atoms. The predicted octanol–water partition coefficient (Wildman–Crippen LogP) is 3.30. The monoisotopic (exact) mass is 341 g/mol. The van der Waals surface area contributed by atoms with Gasteiger partial charge in [-0.25, -0.2) is 4.98 Å². The van der Waals surface area contributed by atoms with Crippen molar-refractivity contribution in [3.8, 4) is 0 Å². The molecule has 1 unspecified atom stereocenters. The van der Waals surface area contributed by atoms with Crippen molar-refractivity contribution in [1.82, 2.24) is 14.9 Å². The van der Waals surface area contributed by atoms with Crippen LogP contribution in [0.25, 0.3) is 0 Å². The van der Waals surface area contributed by atoms with Crippen LogP contribution >= 0.6 is 27.3 Å². The zero-order chi connectivity index (χ0) is 14.0. The van der Waals surface area contributed by atoms with Crippen LogP contribution in [0.15, 0.2) is 22.9 Å². The maximum absolute atomic E-state index is 12.2. The molecule has 0 fully saturated rings. The molecule has 0 radical (unpaired) electrons. The quantitative estimate of drug-likeness (QED) is 0.927. The van der Waals surface area contributed by atoms with Crippen LogP contribution in [0, 0.1) is 0 Å². The van der Waals surface area contributed by atoms with Gasteiger partial charge in [-0.3, -0.25) is 4.79 Å². The summed E-state index contributed by atoms with van der Waals surface area (Å²) in [5, 5.41) is 3.91. The number of hydrogen-bond acceptors (Lipinski definition) is 3. The molecule has 19 heavy (non-hydrogen) atoms. The summed E-state index contributed by atoms with van der Waals surface area (Å²) in [4.78, 5) is 17.7. The number of nitrogens with one attached hydrogen (secondary N) is 1. The second-order valence-corrected chi connectivity index (χ2v) is 6.43. The Labute approximate surface area is 125 Å². The molecule has 0 saturated carbocycles. The number of carbonyl (C=O) groups is 1. The highest BCUT2D eigenvalue weighted by Gasteiger charge is 2.16. The second kappa shape index (κ2) is 5.88. The highest BCUT2D eigenvalue weighted by molar-refractivity contribution is 9.10. The van der Waals surface area contributed by atoms with Crippen LogP contribution in [0.1, 0.15) is 40.3 Å². The lowest BCUT2D eigenvalue weighted by molar-refractivity contribution is 0.0931. The summed E-state index contributed by atoms with van der Waals surface area (Å²) in [5.41, 5.74) is 0.631. The average Bonchev–Trinajstić information content (AvgIpc) is 2.95. The van der Waals surface area contributed by atoms with Gasteiger partial charge in [0, 0.05) is 28.8 Å². The molecule has 102 valence electrons. The third-order valence-corrected chi connectivity index (χ3v) is 4.60. The van der Waals surface area contributed by atoms with E-state index in [1.54, 1.807) is 22.0 Å². The van der Waals surface area contributed by atoms with Gasteiger partial charge in [-0.2, -0.15) is 0 Å². The topological polar surface area (TPSA) is 46.9 Å².